The fourth-order valence-electron chi connectivity index (χ4n) is 0.988. The Labute approximate surface area is 85.1 Å². The van der Waals surface area contributed by atoms with Crippen LogP contribution >= 0.6 is 0 Å². The Balaban J connectivity index is 5.06. The van der Waals surface area contributed by atoms with Gasteiger partial charge in [-0.2, -0.15) is 0 Å². The zero-order chi connectivity index (χ0) is 11.1. The zero-order valence-corrected chi connectivity index (χ0v) is 9.16. The second-order valence-corrected chi connectivity index (χ2v) is 3.07. The molecule has 0 fully saturated rings. The summed E-state index contributed by atoms with van der Waals surface area (Å²) < 4.78 is 0. The first-order valence-corrected chi connectivity index (χ1v) is 4.29. The summed E-state index contributed by atoms with van der Waals surface area (Å²) in [5.41, 5.74) is 3.23. The van der Waals surface area contributed by atoms with Crippen molar-refractivity contribution in [2.45, 2.75) is 20.8 Å². The van der Waals surface area contributed by atoms with Crippen molar-refractivity contribution in [3.05, 3.63) is 35.6 Å². The highest BCUT2D eigenvalue weighted by Gasteiger charge is 2.03. The van der Waals surface area contributed by atoms with Gasteiger partial charge in [-0.15, -0.1) is 0 Å². The maximum absolute atomic E-state index is 8.77. The Kier molecular flexibility index (Phi) is 5.37. The predicted octanol–water partition coefficient (Wildman–Crippen LogP) is 2.97. The van der Waals surface area contributed by atoms with Crippen LogP contribution in [0.15, 0.2) is 40.8 Å². The number of rotatable bonds is 4. The molecule has 0 saturated heterocycles. The Bertz CT molecular complexity index is 298. The van der Waals surface area contributed by atoms with Crippen molar-refractivity contribution < 1.29 is 9.94 Å². The normalized spacial score (nSPS) is 14.1. The van der Waals surface area contributed by atoms with Gasteiger partial charge in [0, 0.05) is 5.57 Å². The number of aliphatic hydroxyl groups is 1. The highest BCUT2D eigenvalue weighted by molar-refractivity contribution is 6.01. The molecule has 0 aromatic rings. The van der Waals surface area contributed by atoms with Crippen LogP contribution in [0.5, 0.6) is 0 Å². The Hall–Kier alpha value is -1.51. The van der Waals surface area contributed by atoms with Gasteiger partial charge in [0.05, 0.1) is 12.0 Å². The van der Waals surface area contributed by atoms with Crippen LogP contribution in [-0.4, -0.2) is 17.9 Å². The third-order valence-corrected chi connectivity index (χ3v) is 1.65. The molecule has 0 atom stereocenters. The zero-order valence-electron chi connectivity index (χ0n) is 9.16. The number of allylic oxidation sites excluding steroid dienone is 4. The van der Waals surface area contributed by atoms with E-state index in [1.54, 1.807) is 13.0 Å². The van der Waals surface area contributed by atoms with Crippen LogP contribution in [0.4, 0.5) is 0 Å². The summed E-state index contributed by atoms with van der Waals surface area (Å²) in [5.74, 6) is 0. The molecule has 0 heterocycles. The molecule has 0 aliphatic rings. The fourth-order valence-corrected chi connectivity index (χ4v) is 0.988. The molecule has 0 bridgehead atoms. The van der Waals surface area contributed by atoms with E-state index in [4.69, 9.17) is 5.11 Å². The summed E-state index contributed by atoms with van der Waals surface area (Å²) in [7, 11) is 1.49. The van der Waals surface area contributed by atoms with Gasteiger partial charge < -0.3 is 9.94 Å². The van der Waals surface area contributed by atoms with E-state index in [0.717, 1.165) is 28.7 Å². The van der Waals surface area contributed by atoms with Gasteiger partial charge in [-0.25, -0.2) is 0 Å². The van der Waals surface area contributed by atoms with Gasteiger partial charge in [0.25, 0.3) is 0 Å². The summed E-state index contributed by atoms with van der Waals surface area (Å²) in [6.45, 7) is 9.34. The summed E-state index contributed by atoms with van der Waals surface area (Å²) in [6, 6.07) is 0. The van der Waals surface area contributed by atoms with Crippen molar-refractivity contribution in [2.75, 3.05) is 7.11 Å². The second kappa shape index (κ2) is 6.02. The lowest BCUT2D eigenvalue weighted by Crippen LogP contribution is -1.99. The van der Waals surface area contributed by atoms with Gasteiger partial charge in [-0.05, 0) is 38.0 Å². The molecule has 3 nitrogen and oxygen atoms in total. The lowest BCUT2D eigenvalue weighted by atomic mass is 10.0. The first kappa shape index (κ1) is 12.5. The minimum atomic E-state index is 0.737. The molecule has 0 aliphatic heterocycles. The third kappa shape index (κ3) is 3.94. The van der Waals surface area contributed by atoms with Crippen LogP contribution < -0.4 is 0 Å². The molecule has 0 amide bonds. The summed E-state index contributed by atoms with van der Waals surface area (Å²) in [5, 5.41) is 12.6. The molecule has 0 aliphatic carbocycles. The lowest BCUT2D eigenvalue weighted by molar-refractivity contribution is 0.213. The number of nitrogens with zero attached hydrogens (tertiary/aromatic N) is 1. The minimum absolute atomic E-state index is 0.737. The molecule has 0 spiro atoms. The van der Waals surface area contributed by atoms with E-state index in [1.807, 2.05) is 13.8 Å². The molecule has 0 rings (SSSR count). The monoisotopic (exact) mass is 195 g/mol. The van der Waals surface area contributed by atoms with Crippen LogP contribution in [0.2, 0.25) is 0 Å². The maximum atomic E-state index is 8.77. The van der Waals surface area contributed by atoms with Crippen LogP contribution in [0.3, 0.4) is 0 Å². The third-order valence-electron chi connectivity index (χ3n) is 1.65. The van der Waals surface area contributed by atoms with E-state index in [-0.39, 0.29) is 0 Å². The highest BCUT2D eigenvalue weighted by atomic mass is 16.6. The van der Waals surface area contributed by atoms with Gasteiger partial charge in [0.2, 0.25) is 0 Å². The topological polar surface area (TPSA) is 41.8 Å². The van der Waals surface area contributed by atoms with Crippen molar-refractivity contribution in [1.82, 2.24) is 0 Å². The Morgan fingerprint density at radius 2 is 1.93 bits per heavy atom. The largest absolute Gasteiger partial charge is 0.515 e. The highest BCUT2D eigenvalue weighted by Crippen LogP contribution is 2.12. The molecule has 14 heavy (non-hydrogen) atoms. The first-order chi connectivity index (χ1) is 6.52. The van der Waals surface area contributed by atoms with Crippen LogP contribution in [0, 0.1) is 0 Å². The molecule has 0 aromatic carbocycles. The fraction of sp³-hybridized carbons (Fsp3) is 0.364. The molecular weight excluding hydrogens is 178 g/mol. The maximum Gasteiger partial charge on any atom is 0.106 e. The molecule has 0 unspecified atom stereocenters. The first-order valence-electron chi connectivity index (χ1n) is 4.29. The van der Waals surface area contributed by atoms with Crippen molar-refractivity contribution in [3.8, 4) is 0 Å². The van der Waals surface area contributed by atoms with Gasteiger partial charge in [0.15, 0.2) is 0 Å². The second-order valence-electron chi connectivity index (χ2n) is 3.07. The van der Waals surface area contributed by atoms with Crippen molar-refractivity contribution in [3.63, 3.8) is 0 Å². The molecule has 0 saturated carbocycles. The average Bonchev–Trinajstić information content (AvgIpc) is 2.13. The van der Waals surface area contributed by atoms with Crippen LogP contribution in [-0.2, 0) is 4.84 Å². The molecule has 0 aromatic heterocycles. The molecule has 3 heteroatoms. The smallest absolute Gasteiger partial charge is 0.106 e. The lowest BCUT2D eigenvalue weighted by Gasteiger charge is -2.05. The van der Waals surface area contributed by atoms with E-state index >= 15 is 0 Å². The van der Waals surface area contributed by atoms with Gasteiger partial charge in [0.1, 0.15) is 7.11 Å². The summed E-state index contributed by atoms with van der Waals surface area (Å²) in [6.07, 6.45) is 2.85. The Morgan fingerprint density at radius 3 is 2.29 bits per heavy atom. The molecule has 1 N–H and O–H groups in total. The summed E-state index contributed by atoms with van der Waals surface area (Å²) in [4.78, 5) is 4.67. The Morgan fingerprint density at radius 1 is 1.36 bits per heavy atom. The number of hydrogen-bond donors (Lipinski definition) is 1. The van der Waals surface area contributed by atoms with Crippen molar-refractivity contribution >= 4 is 5.71 Å². The van der Waals surface area contributed by atoms with Gasteiger partial charge in [-0.1, -0.05) is 11.7 Å². The quantitative estimate of drug-likeness (QED) is 0.324. The summed E-state index contributed by atoms with van der Waals surface area (Å²) >= 11 is 0. The van der Waals surface area contributed by atoms with Gasteiger partial charge in [-0.3, -0.25) is 0 Å². The molecule has 0 radical (unpaired) electrons. The van der Waals surface area contributed by atoms with E-state index in [2.05, 4.69) is 16.6 Å². The van der Waals surface area contributed by atoms with Crippen LogP contribution in [0.25, 0.3) is 0 Å². The number of oxime groups is 1. The number of aliphatic hydroxyl groups excluding tert-OH is 1. The molecular formula is C11H17NO2. The number of hydrogen-bond acceptors (Lipinski definition) is 3. The average molecular weight is 195 g/mol. The predicted molar refractivity (Wildman–Crippen MR) is 59.4 cm³/mol. The van der Waals surface area contributed by atoms with E-state index in [0.29, 0.717) is 0 Å². The van der Waals surface area contributed by atoms with E-state index in [1.165, 1.54) is 7.11 Å². The van der Waals surface area contributed by atoms with Crippen molar-refractivity contribution in [2.24, 2.45) is 5.16 Å². The standard InChI is InChI=1S/C11H17NO2/c1-8(2)11(6-9(3)7-13)10(4)12-14-5/h6-7,13H,1H2,2-5H3/b9-7+,11-6+,12-10+. The van der Waals surface area contributed by atoms with Crippen molar-refractivity contribution in [1.29, 1.82) is 0 Å². The SMILES string of the molecule is C=C(C)C(=C\C(C)=C\O)/C(C)=N/OC. The van der Waals surface area contributed by atoms with Gasteiger partial charge >= 0.3 is 0 Å². The van der Waals surface area contributed by atoms with Crippen LogP contribution in [0.1, 0.15) is 20.8 Å². The van der Waals surface area contributed by atoms with E-state index in [9.17, 15) is 0 Å². The van der Waals surface area contributed by atoms with E-state index < -0.39 is 0 Å². The molecule has 78 valence electrons. The minimum Gasteiger partial charge on any atom is -0.515 e.